The SMILES string of the molecule is C=CC(=C)C.c1ccc2c(c1)Cc1ccccc1-2.c1ccc2c(c1)Cc1ccccc1-2. The maximum absolute atomic E-state index is 3.56. The molecule has 0 saturated carbocycles. The molecule has 0 amide bonds. The summed E-state index contributed by atoms with van der Waals surface area (Å²) in [5.74, 6) is 0. The van der Waals surface area contributed by atoms with Gasteiger partial charge in [0.05, 0.1) is 0 Å². The Morgan fingerprint density at radius 3 is 1.00 bits per heavy atom. The zero-order valence-electron chi connectivity index (χ0n) is 18.1. The first-order valence-electron chi connectivity index (χ1n) is 10.8. The summed E-state index contributed by atoms with van der Waals surface area (Å²) in [5, 5.41) is 0. The van der Waals surface area contributed by atoms with Crippen molar-refractivity contribution in [1.29, 1.82) is 0 Å². The lowest BCUT2D eigenvalue weighted by molar-refractivity contribution is 1.26. The molecule has 4 aromatic rings. The highest BCUT2D eigenvalue weighted by Crippen LogP contribution is 2.36. The van der Waals surface area contributed by atoms with Crippen LogP contribution in [-0.2, 0) is 12.8 Å². The van der Waals surface area contributed by atoms with E-state index in [1.54, 1.807) is 6.08 Å². The smallest absolute Gasteiger partial charge is 0.00135 e. The number of allylic oxidation sites excluding steroid dienone is 2. The first-order chi connectivity index (χ1) is 15.2. The number of rotatable bonds is 1. The Bertz CT molecular complexity index is 1050. The zero-order valence-corrected chi connectivity index (χ0v) is 18.1. The summed E-state index contributed by atoms with van der Waals surface area (Å²) in [6.07, 6.45) is 3.93. The lowest BCUT2D eigenvalue weighted by atomic mass is 10.1. The molecule has 0 aliphatic heterocycles. The Labute approximate surface area is 186 Å². The van der Waals surface area contributed by atoms with E-state index in [-0.39, 0.29) is 0 Å². The monoisotopic (exact) mass is 400 g/mol. The highest BCUT2D eigenvalue weighted by molar-refractivity contribution is 5.77. The van der Waals surface area contributed by atoms with E-state index in [9.17, 15) is 0 Å². The highest BCUT2D eigenvalue weighted by Gasteiger charge is 2.16. The number of hydrogen-bond acceptors (Lipinski definition) is 0. The molecule has 4 aromatic carbocycles. The van der Waals surface area contributed by atoms with E-state index in [0.717, 1.165) is 18.4 Å². The summed E-state index contributed by atoms with van der Waals surface area (Å²) in [5.41, 5.74) is 12.5. The van der Waals surface area contributed by atoms with E-state index in [4.69, 9.17) is 0 Å². The molecule has 0 atom stereocenters. The van der Waals surface area contributed by atoms with Gasteiger partial charge in [0.2, 0.25) is 0 Å². The number of benzene rings is 4. The molecule has 0 spiro atoms. The van der Waals surface area contributed by atoms with Crippen LogP contribution in [0.15, 0.2) is 122 Å². The normalized spacial score (nSPS) is 11.4. The Kier molecular flexibility index (Phi) is 6.29. The highest BCUT2D eigenvalue weighted by atomic mass is 14.2. The Balaban J connectivity index is 0.000000124. The van der Waals surface area contributed by atoms with Gasteiger partial charge in [0, 0.05) is 0 Å². The van der Waals surface area contributed by atoms with E-state index < -0.39 is 0 Å². The minimum atomic E-state index is 1.02. The van der Waals surface area contributed by atoms with Gasteiger partial charge in [-0.3, -0.25) is 0 Å². The summed E-state index contributed by atoms with van der Waals surface area (Å²) in [6, 6.07) is 34.6. The van der Waals surface area contributed by atoms with Gasteiger partial charge in [0.1, 0.15) is 0 Å². The average Bonchev–Trinajstić information content (AvgIpc) is 3.38. The Morgan fingerprint density at radius 1 is 0.548 bits per heavy atom. The Morgan fingerprint density at radius 2 is 0.774 bits per heavy atom. The van der Waals surface area contributed by atoms with Crippen LogP contribution in [0.5, 0.6) is 0 Å². The second-order valence-corrected chi connectivity index (χ2v) is 8.03. The molecule has 0 heteroatoms. The van der Waals surface area contributed by atoms with E-state index >= 15 is 0 Å². The summed E-state index contributed by atoms with van der Waals surface area (Å²) in [4.78, 5) is 0. The van der Waals surface area contributed by atoms with Gasteiger partial charge in [0.25, 0.3) is 0 Å². The minimum Gasteiger partial charge on any atom is -0.0988 e. The second-order valence-electron chi connectivity index (χ2n) is 8.03. The maximum Gasteiger partial charge on any atom is -0.00135 e. The van der Waals surface area contributed by atoms with Crippen LogP contribution in [0.1, 0.15) is 29.2 Å². The largest absolute Gasteiger partial charge is 0.0988 e. The van der Waals surface area contributed by atoms with Crippen molar-refractivity contribution in [1.82, 2.24) is 0 Å². The summed E-state index contributed by atoms with van der Waals surface area (Å²) < 4.78 is 0. The molecule has 0 heterocycles. The lowest BCUT2D eigenvalue weighted by Gasteiger charge is -1.98. The molecular formula is C31H28. The molecule has 31 heavy (non-hydrogen) atoms. The quantitative estimate of drug-likeness (QED) is 0.244. The fraction of sp³-hybridized carbons (Fsp3) is 0.0968. The molecule has 152 valence electrons. The third-order valence-corrected chi connectivity index (χ3v) is 5.76. The molecule has 0 fully saturated rings. The van der Waals surface area contributed by atoms with Crippen LogP contribution in [0.4, 0.5) is 0 Å². The molecule has 0 bridgehead atoms. The molecule has 0 radical (unpaired) electrons. The number of fused-ring (bicyclic) bond motifs is 6. The van der Waals surface area contributed by atoms with Gasteiger partial charge >= 0.3 is 0 Å². The fourth-order valence-corrected chi connectivity index (χ4v) is 4.16. The molecule has 0 nitrogen and oxygen atoms in total. The average molecular weight is 401 g/mol. The van der Waals surface area contributed by atoms with Gasteiger partial charge in [-0.25, -0.2) is 0 Å². The fourth-order valence-electron chi connectivity index (χ4n) is 4.16. The van der Waals surface area contributed by atoms with Crippen LogP contribution in [0, 0.1) is 0 Å². The van der Waals surface area contributed by atoms with Crippen molar-refractivity contribution in [2.24, 2.45) is 0 Å². The third kappa shape index (κ3) is 4.59. The van der Waals surface area contributed by atoms with Crippen molar-refractivity contribution in [3.8, 4) is 22.3 Å². The molecule has 0 N–H and O–H groups in total. The van der Waals surface area contributed by atoms with E-state index in [0.29, 0.717) is 0 Å². The third-order valence-electron chi connectivity index (χ3n) is 5.76. The van der Waals surface area contributed by atoms with Gasteiger partial charge < -0.3 is 0 Å². The second kappa shape index (κ2) is 9.45. The van der Waals surface area contributed by atoms with Crippen molar-refractivity contribution in [2.45, 2.75) is 19.8 Å². The first kappa shape index (κ1) is 20.6. The van der Waals surface area contributed by atoms with Crippen LogP contribution in [0.2, 0.25) is 0 Å². The lowest BCUT2D eigenvalue weighted by Crippen LogP contribution is -1.77. The van der Waals surface area contributed by atoms with Crippen molar-refractivity contribution in [3.63, 3.8) is 0 Å². The van der Waals surface area contributed by atoms with Crippen LogP contribution in [0.3, 0.4) is 0 Å². The molecule has 0 aromatic heterocycles. The zero-order chi connectivity index (χ0) is 21.6. The van der Waals surface area contributed by atoms with Crippen LogP contribution in [-0.4, -0.2) is 0 Å². The predicted octanol–water partition coefficient (Wildman–Crippen LogP) is 8.26. The molecule has 0 saturated heterocycles. The minimum absolute atomic E-state index is 1.02. The predicted molar refractivity (Wildman–Crippen MR) is 134 cm³/mol. The van der Waals surface area contributed by atoms with Crippen LogP contribution >= 0.6 is 0 Å². The van der Waals surface area contributed by atoms with Gasteiger partial charge in [-0.1, -0.05) is 122 Å². The molecule has 0 unspecified atom stereocenters. The first-order valence-corrected chi connectivity index (χ1v) is 10.8. The van der Waals surface area contributed by atoms with Crippen LogP contribution < -0.4 is 0 Å². The van der Waals surface area contributed by atoms with Crippen molar-refractivity contribution >= 4 is 0 Å². The molecule has 2 aliphatic rings. The van der Waals surface area contributed by atoms with Crippen molar-refractivity contribution < 1.29 is 0 Å². The van der Waals surface area contributed by atoms with E-state index in [1.807, 2.05) is 6.92 Å². The van der Waals surface area contributed by atoms with Gasteiger partial charge in [0.15, 0.2) is 0 Å². The summed E-state index contributed by atoms with van der Waals surface area (Å²) in [6.45, 7) is 8.93. The topological polar surface area (TPSA) is 0 Å². The number of hydrogen-bond donors (Lipinski definition) is 0. The van der Waals surface area contributed by atoms with Gasteiger partial charge in [-0.2, -0.15) is 0 Å². The van der Waals surface area contributed by atoms with Gasteiger partial charge in [-0.05, 0) is 64.3 Å². The van der Waals surface area contributed by atoms with Crippen molar-refractivity contribution in [3.05, 3.63) is 144 Å². The maximum atomic E-state index is 3.56. The van der Waals surface area contributed by atoms with Crippen molar-refractivity contribution in [2.75, 3.05) is 0 Å². The summed E-state index contributed by atoms with van der Waals surface area (Å²) in [7, 11) is 0. The van der Waals surface area contributed by atoms with Crippen LogP contribution in [0.25, 0.3) is 22.3 Å². The van der Waals surface area contributed by atoms with Gasteiger partial charge in [-0.15, -0.1) is 0 Å². The molecule has 2 aliphatic carbocycles. The van der Waals surface area contributed by atoms with E-state index in [2.05, 4.69) is 110 Å². The Hall–Kier alpha value is -3.64. The molecule has 6 rings (SSSR count). The molecular weight excluding hydrogens is 372 g/mol. The van der Waals surface area contributed by atoms with E-state index in [1.165, 1.54) is 44.5 Å². The standard InChI is InChI=1S/2C13H10.C5H8/c2*1-3-7-12-10(5-1)9-11-6-2-4-8-13(11)12;1-4-5(2)3/h2*1-8H,9H2;4H,1-2H2,3H3. The summed E-state index contributed by atoms with van der Waals surface area (Å²) >= 11 is 0.